The number of carbonyl (C=O) groups is 1. The molecule has 0 heterocycles. The van der Waals surface area contributed by atoms with E-state index in [1.54, 1.807) is 0 Å². The van der Waals surface area contributed by atoms with Gasteiger partial charge in [-0.1, -0.05) is 31.0 Å². The molecule has 4 nitrogen and oxygen atoms in total. The van der Waals surface area contributed by atoms with Gasteiger partial charge in [-0.3, -0.25) is 0 Å². The molecule has 4 heteroatoms. The predicted molar refractivity (Wildman–Crippen MR) is 81.8 cm³/mol. The molecular weight excluding hydrogens is 252 g/mol. The van der Waals surface area contributed by atoms with Crippen LogP contribution in [0.4, 0.5) is 4.79 Å². The summed E-state index contributed by atoms with van der Waals surface area (Å²) < 4.78 is 0. The van der Waals surface area contributed by atoms with Crippen molar-refractivity contribution in [1.29, 1.82) is 0 Å². The molecule has 20 heavy (non-hydrogen) atoms. The first-order chi connectivity index (χ1) is 9.43. The second-order valence-corrected chi connectivity index (χ2v) is 5.38. The summed E-state index contributed by atoms with van der Waals surface area (Å²) in [5.74, 6) is 0. The van der Waals surface area contributed by atoms with Gasteiger partial charge in [-0.15, -0.1) is 0 Å². The minimum absolute atomic E-state index is 0.237. The van der Waals surface area contributed by atoms with E-state index in [9.17, 15) is 9.90 Å². The summed E-state index contributed by atoms with van der Waals surface area (Å²) in [6, 6.07) is 4.00. The fourth-order valence-electron chi connectivity index (χ4n) is 2.37. The van der Waals surface area contributed by atoms with Gasteiger partial charge in [0.1, 0.15) is 0 Å². The fraction of sp³-hybridized carbons (Fsp3) is 0.562. The molecule has 0 fully saturated rings. The van der Waals surface area contributed by atoms with Gasteiger partial charge < -0.3 is 15.7 Å². The molecule has 0 aromatic heterocycles. The van der Waals surface area contributed by atoms with Crippen molar-refractivity contribution in [2.45, 2.75) is 53.2 Å². The summed E-state index contributed by atoms with van der Waals surface area (Å²) in [4.78, 5) is 11.7. The third-order valence-corrected chi connectivity index (χ3v) is 3.39. The molecule has 0 radical (unpaired) electrons. The number of amides is 2. The van der Waals surface area contributed by atoms with E-state index < -0.39 is 6.10 Å². The van der Waals surface area contributed by atoms with Gasteiger partial charge >= 0.3 is 6.03 Å². The smallest absolute Gasteiger partial charge is 0.315 e. The third kappa shape index (κ3) is 5.21. The Morgan fingerprint density at radius 1 is 1.20 bits per heavy atom. The van der Waals surface area contributed by atoms with E-state index >= 15 is 0 Å². The molecule has 0 aliphatic carbocycles. The number of benzene rings is 1. The molecule has 0 aliphatic rings. The van der Waals surface area contributed by atoms with E-state index in [0.29, 0.717) is 19.5 Å². The average Bonchev–Trinajstić information content (AvgIpc) is 2.35. The van der Waals surface area contributed by atoms with E-state index in [-0.39, 0.29) is 6.03 Å². The largest absolute Gasteiger partial charge is 0.391 e. The van der Waals surface area contributed by atoms with E-state index in [2.05, 4.69) is 43.5 Å². The zero-order valence-corrected chi connectivity index (χ0v) is 12.9. The molecule has 1 atom stereocenters. The Labute approximate surface area is 121 Å². The monoisotopic (exact) mass is 278 g/mol. The number of hydrogen-bond donors (Lipinski definition) is 3. The van der Waals surface area contributed by atoms with Gasteiger partial charge in [0.25, 0.3) is 0 Å². The van der Waals surface area contributed by atoms with Crippen molar-refractivity contribution in [1.82, 2.24) is 10.6 Å². The van der Waals surface area contributed by atoms with Gasteiger partial charge in [0.05, 0.1) is 6.10 Å². The van der Waals surface area contributed by atoms with E-state index in [0.717, 1.165) is 12.0 Å². The van der Waals surface area contributed by atoms with Crippen molar-refractivity contribution in [3.63, 3.8) is 0 Å². The van der Waals surface area contributed by atoms with Crippen molar-refractivity contribution in [3.8, 4) is 0 Å². The lowest BCUT2D eigenvalue weighted by Gasteiger charge is -2.14. The van der Waals surface area contributed by atoms with Crippen molar-refractivity contribution in [2.24, 2.45) is 0 Å². The number of hydrogen-bond acceptors (Lipinski definition) is 2. The standard InChI is InChI=1S/C16H26N2O2/c1-5-6-14(19)9-17-16(20)18-10-15-12(3)7-11(2)8-13(15)4/h7-8,14,19H,5-6,9-10H2,1-4H3,(H2,17,18,20). The van der Waals surface area contributed by atoms with E-state index in [1.807, 2.05) is 6.92 Å². The number of aliphatic hydroxyl groups is 1. The van der Waals surface area contributed by atoms with Gasteiger partial charge in [0.15, 0.2) is 0 Å². The summed E-state index contributed by atoms with van der Waals surface area (Å²) in [7, 11) is 0. The normalized spacial score (nSPS) is 12.1. The molecule has 0 aliphatic heterocycles. The number of urea groups is 1. The molecule has 3 N–H and O–H groups in total. The molecule has 1 aromatic rings. The lowest BCUT2D eigenvalue weighted by molar-refractivity contribution is 0.160. The molecular formula is C16H26N2O2. The zero-order chi connectivity index (χ0) is 15.1. The second kappa shape index (κ2) is 7.90. The predicted octanol–water partition coefficient (Wildman–Crippen LogP) is 2.57. The first-order valence-electron chi connectivity index (χ1n) is 7.20. The van der Waals surface area contributed by atoms with Crippen molar-refractivity contribution < 1.29 is 9.90 Å². The summed E-state index contributed by atoms with van der Waals surface area (Å²) in [6.45, 7) is 8.99. The van der Waals surface area contributed by atoms with E-state index in [1.165, 1.54) is 16.7 Å². The highest BCUT2D eigenvalue weighted by atomic mass is 16.3. The van der Waals surface area contributed by atoms with Crippen LogP contribution in [-0.2, 0) is 6.54 Å². The Bertz CT molecular complexity index is 435. The Morgan fingerprint density at radius 2 is 1.80 bits per heavy atom. The van der Waals surface area contributed by atoms with Crippen molar-refractivity contribution >= 4 is 6.03 Å². The van der Waals surface area contributed by atoms with Crippen LogP contribution in [0.15, 0.2) is 12.1 Å². The molecule has 2 amide bonds. The number of rotatable bonds is 6. The van der Waals surface area contributed by atoms with Crippen LogP contribution in [0.5, 0.6) is 0 Å². The zero-order valence-electron chi connectivity index (χ0n) is 12.9. The maximum Gasteiger partial charge on any atom is 0.315 e. The minimum atomic E-state index is -0.464. The van der Waals surface area contributed by atoms with Gasteiger partial charge in [0.2, 0.25) is 0 Å². The summed E-state index contributed by atoms with van der Waals surface area (Å²) >= 11 is 0. The maximum atomic E-state index is 11.7. The van der Waals surface area contributed by atoms with Crippen LogP contribution in [0.1, 0.15) is 42.0 Å². The Balaban J connectivity index is 2.45. The average molecular weight is 278 g/mol. The van der Waals surface area contributed by atoms with Crippen molar-refractivity contribution in [2.75, 3.05) is 6.54 Å². The van der Waals surface area contributed by atoms with Crippen LogP contribution in [-0.4, -0.2) is 23.8 Å². The number of aryl methyl sites for hydroxylation is 3. The SMILES string of the molecule is CCCC(O)CNC(=O)NCc1c(C)cc(C)cc1C. The lowest BCUT2D eigenvalue weighted by atomic mass is 10.00. The molecule has 112 valence electrons. The van der Waals surface area contributed by atoms with Crippen LogP contribution in [0, 0.1) is 20.8 Å². The highest BCUT2D eigenvalue weighted by molar-refractivity contribution is 5.73. The Hall–Kier alpha value is -1.55. The van der Waals surface area contributed by atoms with Crippen LogP contribution < -0.4 is 10.6 Å². The molecule has 1 aromatic carbocycles. The highest BCUT2D eigenvalue weighted by Crippen LogP contribution is 2.15. The van der Waals surface area contributed by atoms with Crippen LogP contribution >= 0.6 is 0 Å². The molecule has 0 bridgehead atoms. The second-order valence-electron chi connectivity index (χ2n) is 5.38. The molecule has 1 unspecified atom stereocenters. The maximum absolute atomic E-state index is 11.7. The number of nitrogens with one attached hydrogen (secondary N) is 2. The molecule has 0 saturated carbocycles. The first kappa shape index (κ1) is 16.5. The van der Waals surface area contributed by atoms with Crippen molar-refractivity contribution in [3.05, 3.63) is 34.4 Å². The van der Waals surface area contributed by atoms with Crippen LogP contribution in [0.3, 0.4) is 0 Å². The Morgan fingerprint density at radius 3 is 2.35 bits per heavy atom. The Kier molecular flexibility index (Phi) is 6.52. The molecule has 0 saturated heterocycles. The van der Waals surface area contributed by atoms with Crippen LogP contribution in [0.25, 0.3) is 0 Å². The summed E-state index contributed by atoms with van der Waals surface area (Å²) in [6.07, 6.45) is 1.15. The van der Waals surface area contributed by atoms with Gasteiger partial charge in [-0.05, 0) is 43.9 Å². The summed E-state index contributed by atoms with van der Waals surface area (Å²) in [5, 5.41) is 15.1. The summed E-state index contributed by atoms with van der Waals surface area (Å²) in [5.41, 5.74) is 4.76. The van der Waals surface area contributed by atoms with Gasteiger partial charge in [-0.2, -0.15) is 0 Å². The number of aliphatic hydroxyl groups excluding tert-OH is 1. The number of carbonyl (C=O) groups excluding carboxylic acids is 1. The lowest BCUT2D eigenvalue weighted by Crippen LogP contribution is -2.39. The molecule has 0 spiro atoms. The topological polar surface area (TPSA) is 61.4 Å². The fourth-order valence-corrected chi connectivity index (χ4v) is 2.37. The van der Waals surface area contributed by atoms with Gasteiger partial charge in [0, 0.05) is 13.1 Å². The van der Waals surface area contributed by atoms with Crippen LogP contribution in [0.2, 0.25) is 0 Å². The molecule has 1 rings (SSSR count). The van der Waals surface area contributed by atoms with Gasteiger partial charge in [-0.25, -0.2) is 4.79 Å². The van der Waals surface area contributed by atoms with E-state index in [4.69, 9.17) is 0 Å². The third-order valence-electron chi connectivity index (χ3n) is 3.39. The first-order valence-corrected chi connectivity index (χ1v) is 7.20. The minimum Gasteiger partial charge on any atom is -0.391 e. The highest BCUT2D eigenvalue weighted by Gasteiger charge is 2.08. The quantitative estimate of drug-likeness (QED) is 0.749.